The van der Waals surface area contributed by atoms with Crippen molar-refractivity contribution in [2.45, 2.75) is 37.8 Å². The minimum Gasteiger partial charge on any atom is -0.315 e. The molecule has 0 radical (unpaired) electrons. The third-order valence-corrected chi connectivity index (χ3v) is 6.91. The number of hydrogen-bond acceptors (Lipinski definition) is 4. The Balaban J connectivity index is 2.28. The van der Waals surface area contributed by atoms with E-state index in [4.69, 9.17) is 0 Å². The maximum Gasteiger partial charge on any atom is 0.305 e. The molecule has 0 unspecified atom stereocenters. The van der Waals surface area contributed by atoms with Crippen LogP contribution < -0.4 is 4.87 Å². The lowest BCUT2D eigenvalue weighted by Gasteiger charge is -2.35. The first-order valence-corrected chi connectivity index (χ1v) is 8.18. The van der Waals surface area contributed by atoms with Crippen LogP contribution >= 0.6 is 11.3 Å². The van der Waals surface area contributed by atoms with Crippen molar-refractivity contribution in [2.24, 2.45) is 5.41 Å². The highest BCUT2D eigenvalue weighted by atomic mass is 32.2. The minimum atomic E-state index is -3.50. The van der Waals surface area contributed by atoms with Gasteiger partial charge in [-0.1, -0.05) is 25.2 Å². The molecule has 1 aromatic heterocycles. The third kappa shape index (κ3) is 2.53. The van der Waals surface area contributed by atoms with E-state index < -0.39 is 10.0 Å². The molecule has 5 nitrogen and oxygen atoms in total. The predicted molar refractivity (Wildman–Crippen MR) is 71.5 cm³/mol. The Morgan fingerprint density at radius 2 is 1.83 bits per heavy atom. The molecule has 1 N–H and O–H groups in total. The molecule has 1 saturated heterocycles. The van der Waals surface area contributed by atoms with Crippen LogP contribution in [0.5, 0.6) is 0 Å². The van der Waals surface area contributed by atoms with Gasteiger partial charge in [-0.2, -0.15) is 4.31 Å². The van der Waals surface area contributed by atoms with E-state index in [9.17, 15) is 13.2 Å². The Morgan fingerprint density at radius 3 is 2.28 bits per heavy atom. The van der Waals surface area contributed by atoms with Crippen LogP contribution in [0.4, 0.5) is 0 Å². The molecule has 18 heavy (non-hydrogen) atoms. The molecule has 1 aliphatic heterocycles. The molecule has 1 fully saturated rings. The largest absolute Gasteiger partial charge is 0.315 e. The first kappa shape index (κ1) is 13.8. The van der Waals surface area contributed by atoms with Gasteiger partial charge in [0.1, 0.15) is 0 Å². The van der Waals surface area contributed by atoms with Gasteiger partial charge in [0.25, 0.3) is 10.0 Å². The van der Waals surface area contributed by atoms with Gasteiger partial charge in [-0.15, -0.1) is 0 Å². The SMILES string of the molecule is Cc1[nH]c(=O)sc1S(=O)(=O)N1CCC(C)(C)CC1. The second kappa shape index (κ2) is 4.47. The van der Waals surface area contributed by atoms with E-state index in [1.807, 2.05) is 0 Å². The molecule has 7 heteroatoms. The fraction of sp³-hybridized carbons (Fsp3) is 0.727. The van der Waals surface area contributed by atoms with Gasteiger partial charge >= 0.3 is 4.87 Å². The Kier molecular flexibility index (Phi) is 3.42. The van der Waals surface area contributed by atoms with Gasteiger partial charge in [0, 0.05) is 18.8 Å². The first-order valence-electron chi connectivity index (χ1n) is 5.92. The molecular weight excluding hydrogens is 272 g/mol. The number of nitrogens with one attached hydrogen (secondary N) is 1. The lowest BCUT2D eigenvalue weighted by molar-refractivity contribution is 0.196. The molecule has 1 aliphatic rings. The molecule has 0 atom stereocenters. The van der Waals surface area contributed by atoms with Gasteiger partial charge in [0.2, 0.25) is 0 Å². The molecule has 0 bridgehead atoms. The lowest BCUT2D eigenvalue weighted by Crippen LogP contribution is -2.41. The zero-order chi connectivity index (χ0) is 13.6. The topological polar surface area (TPSA) is 70.2 Å². The quantitative estimate of drug-likeness (QED) is 0.898. The summed E-state index contributed by atoms with van der Waals surface area (Å²) in [4.78, 5) is 13.4. The second-order valence-electron chi connectivity index (χ2n) is 5.50. The highest BCUT2D eigenvalue weighted by molar-refractivity contribution is 7.91. The molecule has 2 heterocycles. The summed E-state index contributed by atoms with van der Waals surface area (Å²) in [5.74, 6) is 0. The number of aryl methyl sites for hydroxylation is 1. The van der Waals surface area contributed by atoms with Gasteiger partial charge in [-0.05, 0) is 25.2 Å². The Labute approximate surface area is 111 Å². The number of piperidine rings is 1. The van der Waals surface area contributed by atoms with Crippen LogP contribution in [0.1, 0.15) is 32.4 Å². The van der Waals surface area contributed by atoms with E-state index >= 15 is 0 Å². The number of thiazole rings is 1. The van der Waals surface area contributed by atoms with E-state index in [-0.39, 0.29) is 14.5 Å². The van der Waals surface area contributed by atoms with Crippen molar-refractivity contribution in [2.75, 3.05) is 13.1 Å². The van der Waals surface area contributed by atoms with Gasteiger partial charge < -0.3 is 4.98 Å². The minimum absolute atomic E-state index is 0.159. The third-order valence-electron chi connectivity index (χ3n) is 3.43. The highest BCUT2D eigenvalue weighted by Gasteiger charge is 2.34. The van der Waals surface area contributed by atoms with Gasteiger partial charge in [0.05, 0.1) is 0 Å². The van der Waals surface area contributed by atoms with Crippen molar-refractivity contribution in [3.05, 3.63) is 15.4 Å². The molecule has 0 aromatic carbocycles. The molecule has 1 aromatic rings. The Hall–Kier alpha value is -0.660. The number of rotatable bonds is 2. The van der Waals surface area contributed by atoms with Crippen LogP contribution in [-0.2, 0) is 10.0 Å². The zero-order valence-corrected chi connectivity index (χ0v) is 12.4. The predicted octanol–water partition coefficient (Wildman–Crippen LogP) is 1.56. The van der Waals surface area contributed by atoms with Crippen LogP contribution in [0.2, 0.25) is 0 Å². The average molecular weight is 290 g/mol. The number of sulfonamides is 1. The Bertz CT molecular complexity index is 588. The summed E-state index contributed by atoms with van der Waals surface area (Å²) in [6, 6.07) is 0. The van der Waals surface area contributed by atoms with Gasteiger partial charge in [-0.25, -0.2) is 8.42 Å². The van der Waals surface area contributed by atoms with Crippen molar-refractivity contribution in [3.63, 3.8) is 0 Å². The van der Waals surface area contributed by atoms with Crippen molar-refractivity contribution < 1.29 is 8.42 Å². The van der Waals surface area contributed by atoms with E-state index in [1.165, 1.54) is 4.31 Å². The maximum absolute atomic E-state index is 12.4. The summed E-state index contributed by atoms with van der Waals surface area (Å²) in [6.45, 7) is 6.98. The molecule has 0 aliphatic carbocycles. The number of H-pyrrole nitrogens is 1. The van der Waals surface area contributed by atoms with Crippen molar-refractivity contribution in [1.29, 1.82) is 0 Å². The van der Waals surface area contributed by atoms with Crippen LogP contribution in [-0.4, -0.2) is 30.8 Å². The molecule has 0 amide bonds. The van der Waals surface area contributed by atoms with Crippen LogP contribution in [0.3, 0.4) is 0 Å². The van der Waals surface area contributed by atoms with Crippen molar-refractivity contribution >= 4 is 21.4 Å². The second-order valence-corrected chi connectivity index (χ2v) is 8.61. The van der Waals surface area contributed by atoms with Gasteiger partial charge in [-0.3, -0.25) is 4.79 Å². The summed E-state index contributed by atoms with van der Waals surface area (Å²) in [6.07, 6.45) is 1.70. The van der Waals surface area contributed by atoms with Gasteiger partial charge in [0.15, 0.2) is 4.21 Å². The van der Waals surface area contributed by atoms with E-state index in [2.05, 4.69) is 18.8 Å². The fourth-order valence-electron chi connectivity index (χ4n) is 2.09. The molecular formula is C11H18N2O3S2. The van der Waals surface area contributed by atoms with Crippen molar-refractivity contribution in [1.82, 2.24) is 9.29 Å². The average Bonchev–Trinajstić information content (AvgIpc) is 2.58. The highest BCUT2D eigenvalue weighted by Crippen LogP contribution is 2.33. The number of hydrogen-bond donors (Lipinski definition) is 1. The standard InChI is InChI=1S/C11H18N2O3S2/c1-8-9(17-10(14)12-8)18(15,16)13-6-4-11(2,3)5-7-13/h4-7H2,1-3H3,(H,12,14). The number of aromatic amines is 1. The summed E-state index contributed by atoms with van der Waals surface area (Å²) >= 11 is 0.774. The van der Waals surface area contributed by atoms with Crippen LogP contribution in [0.25, 0.3) is 0 Å². The summed E-state index contributed by atoms with van der Waals surface area (Å²) in [5, 5.41) is 0. The normalized spacial score (nSPS) is 21.1. The molecule has 102 valence electrons. The molecule has 0 saturated carbocycles. The smallest absolute Gasteiger partial charge is 0.305 e. The monoisotopic (exact) mass is 290 g/mol. The molecule has 2 rings (SSSR count). The maximum atomic E-state index is 12.4. The van der Waals surface area contributed by atoms with Crippen LogP contribution in [0, 0.1) is 12.3 Å². The lowest BCUT2D eigenvalue weighted by atomic mass is 9.83. The summed E-state index contributed by atoms with van der Waals surface area (Å²) < 4.78 is 26.5. The van der Waals surface area contributed by atoms with E-state index in [0.29, 0.717) is 18.8 Å². The molecule has 0 spiro atoms. The summed E-state index contributed by atoms with van der Waals surface area (Å²) in [7, 11) is -3.50. The van der Waals surface area contributed by atoms with E-state index in [0.717, 1.165) is 24.2 Å². The summed E-state index contributed by atoms with van der Waals surface area (Å²) in [5.41, 5.74) is 0.640. The fourth-order valence-corrected chi connectivity index (χ4v) is 4.96. The van der Waals surface area contributed by atoms with E-state index in [1.54, 1.807) is 6.92 Å². The van der Waals surface area contributed by atoms with Crippen LogP contribution in [0.15, 0.2) is 9.00 Å². The van der Waals surface area contributed by atoms with Crippen molar-refractivity contribution in [3.8, 4) is 0 Å². The first-order chi connectivity index (χ1) is 8.22. The number of nitrogens with zero attached hydrogens (tertiary/aromatic N) is 1. The zero-order valence-electron chi connectivity index (χ0n) is 10.8. The number of aromatic nitrogens is 1. The Morgan fingerprint density at radius 1 is 1.28 bits per heavy atom.